The molecule has 0 aromatic carbocycles. The molecule has 0 spiro atoms. The Balaban J connectivity index is 2.06. The van der Waals surface area contributed by atoms with Gasteiger partial charge in [0.2, 0.25) is 5.91 Å². The Hall–Kier alpha value is -2.48. The molecule has 2 atom stereocenters. The number of anilines is 2. The molecule has 2 aliphatic rings. The second kappa shape index (κ2) is 5.26. The molecular formula is C17H20FN5O2. The lowest BCUT2D eigenvalue weighted by Gasteiger charge is -2.47. The van der Waals surface area contributed by atoms with Gasteiger partial charge in [-0.15, -0.1) is 0 Å². The Labute approximate surface area is 144 Å². The van der Waals surface area contributed by atoms with Gasteiger partial charge in [0.25, 0.3) is 5.56 Å². The molecule has 0 aliphatic carbocycles. The van der Waals surface area contributed by atoms with Gasteiger partial charge in [-0.3, -0.25) is 19.1 Å². The van der Waals surface area contributed by atoms with Crippen LogP contribution < -0.4 is 15.8 Å². The van der Waals surface area contributed by atoms with Crippen LogP contribution in [0.25, 0.3) is 11.0 Å². The third kappa shape index (κ3) is 2.17. The predicted molar refractivity (Wildman–Crippen MR) is 93.5 cm³/mol. The summed E-state index contributed by atoms with van der Waals surface area (Å²) in [5.74, 6) is -0.632. The number of nitrogens with zero attached hydrogens (tertiary/aromatic N) is 4. The number of aryl methyl sites for hydroxylation is 2. The highest BCUT2D eigenvalue weighted by Gasteiger charge is 2.41. The lowest BCUT2D eigenvalue weighted by Crippen LogP contribution is -2.62. The molecule has 2 aromatic rings. The van der Waals surface area contributed by atoms with Crippen LogP contribution in [0.3, 0.4) is 0 Å². The summed E-state index contributed by atoms with van der Waals surface area (Å²) in [5, 5.41) is 3.28. The molecular weight excluding hydrogens is 325 g/mol. The van der Waals surface area contributed by atoms with Gasteiger partial charge >= 0.3 is 0 Å². The SMILES string of the molecule is Cc1nc2c(cc1F)c1c(c(=O)n2C)NC(=O)C2CN(C)C(C)CN12. The number of carbonyl (C=O) groups excluding carboxylic acids is 1. The minimum Gasteiger partial charge on any atom is -0.354 e. The highest BCUT2D eigenvalue weighted by atomic mass is 19.1. The number of hydrogen-bond donors (Lipinski definition) is 1. The molecule has 8 heteroatoms. The van der Waals surface area contributed by atoms with Crippen molar-refractivity contribution in [1.82, 2.24) is 14.5 Å². The van der Waals surface area contributed by atoms with Crippen molar-refractivity contribution >= 4 is 28.3 Å². The number of piperazine rings is 1. The summed E-state index contributed by atoms with van der Waals surface area (Å²) < 4.78 is 15.6. The Kier molecular flexibility index (Phi) is 3.37. The summed E-state index contributed by atoms with van der Waals surface area (Å²) in [5.41, 5.74) is 1.11. The van der Waals surface area contributed by atoms with Gasteiger partial charge < -0.3 is 10.2 Å². The zero-order valence-electron chi connectivity index (χ0n) is 14.6. The van der Waals surface area contributed by atoms with Crippen molar-refractivity contribution in [2.75, 3.05) is 30.4 Å². The molecule has 0 saturated carbocycles. The van der Waals surface area contributed by atoms with E-state index in [1.165, 1.54) is 10.6 Å². The summed E-state index contributed by atoms with van der Waals surface area (Å²) in [6, 6.07) is 1.21. The third-order valence-electron chi connectivity index (χ3n) is 5.35. The van der Waals surface area contributed by atoms with Gasteiger partial charge in [-0.2, -0.15) is 0 Å². The Bertz CT molecular complexity index is 970. The van der Waals surface area contributed by atoms with Gasteiger partial charge in [0.15, 0.2) is 0 Å². The minimum atomic E-state index is -0.427. The molecule has 2 aliphatic heterocycles. The highest BCUT2D eigenvalue weighted by Crippen LogP contribution is 2.38. The molecule has 2 aromatic heterocycles. The number of fused-ring (bicyclic) bond motifs is 5. The van der Waals surface area contributed by atoms with Gasteiger partial charge in [0.05, 0.1) is 11.4 Å². The summed E-state index contributed by atoms with van der Waals surface area (Å²) in [7, 11) is 3.55. The maximum Gasteiger partial charge on any atom is 0.277 e. The third-order valence-corrected chi connectivity index (χ3v) is 5.35. The normalized spacial score (nSPS) is 23.4. The first-order valence-corrected chi connectivity index (χ1v) is 8.27. The van der Waals surface area contributed by atoms with Crippen LogP contribution in [0.5, 0.6) is 0 Å². The van der Waals surface area contributed by atoms with Crippen molar-refractivity contribution in [2.45, 2.75) is 25.9 Å². The molecule has 132 valence electrons. The highest BCUT2D eigenvalue weighted by molar-refractivity contribution is 6.10. The summed E-state index contributed by atoms with van der Waals surface area (Å²) in [6.45, 7) is 4.76. The molecule has 2 unspecified atom stereocenters. The number of rotatable bonds is 0. The van der Waals surface area contributed by atoms with Gasteiger partial charge in [-0.1, -0.05) is 0 Å². The fraction of sp³-hybridized carbons (Fsp3) is 0.471. The van der Waals surface area contributed by atoms with Crippen molar-refractivity contribution in [3.63, 3.8) is 0 Å². The fourth-order valence-electron chi connectivity index (χ4n) is 3.69. The van der Waals surface area contributed by atoms with E-state index in [4.69, 9.17) is 0 Å². The minimum absolute atomic E-state index is 0.205. The Morgan fingerprint density at radius 2 is 2.00 bits per heavy atom. The van der Waals surface area contributed by atoms with Gasteiger partial charge in [-0.25, -0.2) is 9.37 Å². The molecule has 1 amide bonds. The van der Waals surface area contributed by atoms with E-state index in [1.807, 2.05) is 11.9 Å². The van der Waals surface area contributed by atoms with Gasteiger partial charge in [0.1, 0.15) is 23.2 Å². The van der Waals surface area contributed by atoms with Crippen molar-refractivity contribution in [1.29, 1.82) is 0 Å². The average Bonchev–Trinajstić information content (AvgIpc) is 2.56. The molecule has 4 rings (SSSR count). The molecule has 4 heterocycles. The van der Waals surface area contributed by atoms with Crippen molar-refractivity contribution in [3.8, 4) is 0 Å². The van der Waals surface area contributed by atoms with E-state index in [0.29, 0.717) is 29.8 Å². The quantitative estimate of drug-likeness (QED) is 0.766. The Morgan fingerprint density at radius 1 is 1.28 bits per heavy atom. The van der Waals surface area contributed by atoms with Crippen LogP contribution in [0.15, 0.2) is 10.9 Å². The molecule has 1 fully saturated rings. The van der Waals surface area contributed by atoms with Crippen molar-refractivity contribution in [3.05, 3.63) is 27.9 Å². The first kappa shape index (κ1) is 16.0. The van der Waals surface area contributed by atoms with Crippen LogP contribution in [-0.4, -0.2) is 52.6 Å². The summed E-state index contributed by atoms with van der Waals surface area (Å²) in [6.07, 6.45) is 0. The fourth-order valence-corrected chi connectivity index (χ4v) is 3.69. The largest absolute Gasteiger partial charge is 0.354 e. The molecule has 0 radical (unpaired) electrons. The second-order valence-corrected chi connectivity index (χ2v) is 6.96. The smallest absolute Gasteiger partial charge is 0.277 e. The summed E-state index contributed by atoms with van der Waals surface area (Å²) >= 11 is 0. The first-order valence-electron chi connectivity index (χ1n) is 8.27. The molecule has 7 nitrogen and oxygen atoms in total. The van der Waals surface area contributed by atoms with Crippen LogP contribution in [0.4, 0.5) is 15.8 Å². The number of halogens is 1. The Morgan fingerprint density at radius 3 is 2.72 bits per heavy atom. The number of hydrogen-bond acceptors (Lipinski definition) is 5. The van der Waals surface area contributed by atoms with Crippen molar-refractivity contribution in [2.24, 2.45) is 7.05 Å². The standard InChI is InChI=1S/C17H20FN5O2/c1-8-6-23-12(7-21(8)3)16(24)20-13-14(23)10-5-11(18)9(2)19-15(10)22(4)17(13)25/h5,8,12H,6-7H2,1-4H3,(H,20,24). The molecule has 0 bridgehead atoms. The van der Waals surface area contributed by atoms with Crippen LogP contribution >= 0.6 is 0 Å². The zero-order chi connectivity index (χ0) is 18.0. The van der Waals surface area contributed by atoms with Gasteiger partial charge in [-0.05, 0) is 27.0 Å². The topological polar surface area (TPSA) is 70.5 Å². The lowest BCUT2D eigenvalue weighted by atomic mass is 10.0. The van der Waals surface area contributed by atoms with E-state index < -0.39 is 11.9 Å². The van der Waals surface area contributed by atoms with Crippen LogP contribution in [0.1, 0.15) is 12.6 Å². The van der Waals surface area contributed by atoms with Crippen LogP contribution in [0, 0.1) is 12.7 Å². The average molecular weight is 345 g/mol. The number of pyridine rings is 2. The van der Waals surface area contributed by atoms with E-state index in [-0.39, 0.29) is 28.9 Å². The molecule has 1 saturated heterocycles. The van der Waals surface area contributed by atoms with E-state index in [9.17, 15) is 14.0 Å². The van der Waals surface area contributed by atoms with E-state index in [2.05, 4.69) is 22.1 Å². The maximum atomic E-state index is 14.2. The number of carbonyl (C=O) groups is 1. The second-order valence-electron chi connectivity index (χ2n) is 6.96. The van der Waals surface area contributed by atoms with Crippen LogP contribution in [0.2, 0.25) is 0 Å². The number of nitrogens with one attached hydrogen (secondary N) is 1. The van der Waals surface area contributed by atoms with E-state index in [0.717, 1.165) is 0 Å². The van der Waals surface area contributed by atoms with E-state index >= 15 is 0 Å². The number of likely N-dealkylation sites (N-methyl/N-ethyl adjacent to an activating group) is 1. The van der Waals surface area contributed by atoms with Crippen LogP contribution in [-0.2, 0) is 11.8 Å². The van der Waals surface area contributed by atoms with E-state index in [1.54, 1.807) is 14.0 Å². The van der Waals surface area contributed by atoms with Crippen molar-refractivity contribution < 1.29 is 9.18 Å². The lowest BCUT2D eigenvalue weighted by molar-refractivity contribution is -0.118. The predicted octanol–water partition coefficient (Wildman–Crippen LogP) is 0.842. The monoisotopic (exact) mass is 345 g/mol. The zero-order valence-corrected chi connectivity index (χ0v) is 14.6. The number of amides is 1. The molecule has 1 N–H and O–H groups in total. The maximum absolute atomic E-state index is 14.2. The molecule has 25 heavy (non-hydrogen) atoms. The summed E-state index contributed by atoms with van der Waals surface area (Å²) in [4.78, 5) is 33.6. The first-order chi connectivity index (χ1) is 11.8. The van der Waals surface area contributed by atoms with Gasteiger partial charge in [0, 0.05) is 31.6 Å². The number of aromatic nitrogens is 2.